The van der Waals surface area contributed by atoms with Gasteiger partial charge in [-0.25, -0.2) is 4.98 Å². The summed E-state index contributed by atoms with van der Waals surface area (Å²) in [5.41, 5.74) is 3.19. The van der Waals surface area contributed by atoms with Gasteiger partial charge in [0.1, 0.15) is 11.5 Å². The minimum atomic E-state index is 0.382. The van der Waals surface area contributed by atoms with Crippen molar-refractivity contribution in [3.05, 3.63) is 60.7 Å². The van der Waals surface area contributed by atoms with Crippen LogP contribution in [0.25, 0.3) is 22.6 Å². The van der Waals surface area contributed by atoms with Crippen LogP contribution in [0, 0.1) is 6.92 Å². The van der Waals surface area contributed by atoms with Crippen molar-refractivity contribution < 1.29 is 18.3 Å². The van der Waals surface area contributed by atoms with Crippen LogP contribution >= 0.6 is 0 Å². The second-order valence-corrected chi connectivity index (χ2v) is 6.04. The molecule has 0 unspecified atom stereocenters. The largest absolute Gasteiger partial charge is 0.496 e. The Kier molecular flexibility index (Phi) is 4.72. The number of hydrogen-bond donors (Lipinski definition) is 1. The van der Waals surface area contributed by atoms with Crippen LogP contribution in [0.3, 0.4) is 0 Å². The summed E-state index contributed by atoms with van der Waals surface area (Å²) in [5, 5.41) is 3.17. The Hall–Kier alpha value is -3.74. The van der Waals surface area contributed by atoms with Crippen molar-refractivity contribution in [3.63, 3.8) is 0 Å². The van der Waals surface area contributed by atoms with Gasteiger partial charge in [-0.1, -0.05) is 12.1 Å². The van der Waals surface area contributed by atoms with E-state index in [0.29, 0.717) is 23.3 Å². The van der Waals surface area contributed by atoms with Crippen LogP contribution in [0.15, 0.2) is 63.9 Å². The van der Waals surface area contributed by atoms with Gasteiger partial charge in [0.05, 0.1) is 37.2 Å². The number of anilines is 2. The van der Waals surface area contributed by atoms with Crippen molar-refractivity contribution in [1.82, 2.24) is 9.97 Å². The van der Waals surface area contributed by atoms with E-state index in [-0.39, 0.29) is 0 Å². The SMILES string of the molecule is COc1cc(Nc2nc(C)c(-c3ccccc3OC)o2)ccc1-c1cnco1. The summed E-state index contributed by atoms with van der Waals surface area (Å²) in [4.78, 5) is 8.43. The summed E-state index contributed by atoms with van der Waals surface area (Å²) >= 11 is 0. The Morgan fingerprint density at radius 1 is 0.964 bits per heavy atom. The zero-order chi connectivity index (χ0) is 19.5. The van der Waals surface area contributed by atoms with Crippen LogP contribution in [-0.4, -0.2) is 24.2 Å². The molecule has 0 aliphatic heterocycles. The number of aromatic nitrogens is 2. The summed E-state index contributed by atoms with van der Waals surface area (Å²) < 4.78 is 22.2. The minimum absolute atomic E-state index is 0.382. The van der Waals surface area contributed by atoms with Crippen molar-refractivity contribution in [1.29, 1.82) is 0 Å². The van der Waals surface area contributed by atoms with Gasteiger partial charge in [0.2, 0.25) is 0 Å². The minimum Gasteiger partial charge on any atom is -0.496 e. The molecular weight excluding hydrogens is 358 g/mol. The molecule has 7 heteroatoms. The number of hydrogen-bond acceptors (Lipinski definition) is 7. The van der Waals surface area contributed by atoms with Crippen LogP contribution < -0.4 is 14.8 Å². The Morgan fingerprint density at radius 3 is 2.54 bits per heavy atom. The number of rotatable bonds is 6. The van der Waals surface area contributed by atoms with Gasteiger partial charge >= 0.3 is 0 Å². The highest BCUT2D eigenvalue weighted by molar-refractivity contribution is 5.72. The Labute approximate surface area is 162 Å². The van der Waals surface area contributed by atoms with Crippen LogP contribution in [-0.2, 0) is 0 Å². The van der Waals surface area contributed by atoms with E-state index in [4.69, 9.17) is 18.3 Å². The average molecular weight is 377 g/mol. The molecule has 0 aliphatic rings. The lowest BCUT2D eigenvalue weighted by molar-refractivity contribution is 0.414. The highest BCUT2D eigenvalue weighted by Crippen LogP contribution is 2.36. The van der Waals surface area contributed by atoms with Gasteiger partial charge < -0.3 is 23.6 Å². The van der Waals surface area contributed by atoms with E-state index in [0.717, 1.165) is 28.3 Å². The molecule has 0 bridgehead atoms. The van der Waals surface area contributed by atoms with Crippen molar-refractivity contribution >= 4 is 11.7 Å². The van der Waals surface area contributed by atoms with E-state index in [9.17, 15) is 0 Å². The molecule has 4 rings (SSSR count). The molecule has 2 aromatic carbocycles. The molecule has 1 N–H and O–H groups in total. The zero-order valence-corrected chi connectivity index (χ0v) is 15.7. The third kappa shape index (κ3) is 3.29. The van der Waals surface area contributed by atoms with Gasteiger partial charge in [-0.15, -0.1) is 0 Å². The number of nitrogens with one attached hydrogen (secondary N) is 1. The van der Waals surface area contributed by atoms with Crippen LogP contribution in [0.5, 0.6) is 11.5 Å². The molecule has 4 aromatic rings. The first-order valence-corrected chi connectivity index (χ1v) is 8.64. The van der Waals surface area contributed by atoms with Crippen molar-refractivity contribution in [2.24, 2.45) is 0 Å². The second-order valence-electron chi connectivity index (χ2n) is 6.04. The molecule has 0 saturated carbocycles. The fourth-order valence-corrected chi connectivity index (χ4v) is 2.98. The number of methoxy groups -OCH3 is 2. The molecule has 0 saturated heterocycles. The first-order chi connectivity index (χ1) is 13.7. The van der Waals surface area contributed by atoms with Gasteiger partial charge in [-0.2, -0.15) is 4.98 Å². The average Bonchev–Trinajstić information content (AvgIpc) is 3.37. The van der Waals surface area contributed by atoms with Crippen LogP contribution in [0.2, 0.25) is 0 Å². The number of para-hydroxylation sites is 1. The molecule has 0 atom stereocenters. The maximum Gasteiger partial charge on any atom is 0.299 e. The third-order valence-electron chi connectivity index (χ3n) is 4.30. The van der Waals surface area contributed by atoms with Gasteiger partial charge in [-0.05, 0) is 31.2 Å². The lowest BCUT2D eigenvalue weighted by Crippen LogP contribution is -1.93. The van der Waals surface area contributed by atoms with E-state index in [1.807, 2.05) is 49.4 Å². The third-order valence-corrected chi connectivity index (χ3v) is 4.30. The maximum absolute atomic E-state index is 5.95. The van der Waals surface area contributed by atoms with Crippen LogP contribution in [0.1, 0.15) is 5.69 Å². The first kappa shape index (κ1) is 17.7. The number of nitrogens with zero attached hydrogens (tertiary/aromatic N) is 2. The second kappa shape index (κ2) is 7.48. The van der Waals surface area contributed by atoms with Gasteiger partial charge in [0.15, 0.2) is 17.9 Å². The fourth-order valence-electron chi connectivity index (χ4n) is 2.98. The Balaban J connectivity index is 1.64. The molecule has 28 heavy (non-hydrogen) atoms. The van der Waals surface area contributed by atoms with E-state index < -0.39 is 0 Å². The smallest absolute Gasteiger partial charge is 0.299 e. The number of aryl methyl sites for hydroxylation is 1. The Bertz CT molecular complexity index is 1090. The molecule has 0 amide bonds. The maximum atomic E-state index is 5.95. The quantitative estimate of drug-likeness (QED) is 0.502. The molecule has 142 valence electrons. The summed E-state index contributed by atoms with van der Waals surface area (Å²) in [7, 11) is 3.24. The number of benzene rings is 2. The summed E-state index contributed by atoms with van der Waals surface area (Å²) in [6, 6.07) is 13.7. The number of ether oxygens (including phenoxy) is 2. The van der Waals surface area contributed by atoms with E-state index >= 15 is 0 Å². The van der Waals surface area contributed by atoms with Gasteiger partial charge in [0.25, 0.3) is 6.01 Å². The van der Waals surface area contributed by atoms with Gasteiger partial charge in [0, 0.05) is 11.8 Å². The highest BCUT2D eigenvalue weighted by Gasteiger charge is 2.16. The van der Waals surface area contributed by atoms with Crippen molar-refractivity contribution in [2.45, 2.75) is 6.92 Å². The molecule has 0 radical (unpaired) electrons. The lowest BCUT2D eigenvalue weighted by Gasteiger charge is -2.09. The molecule has 0 aliphatic carbocycles. The lowest BCUT2D eigenvalue weighted by atomic mass is 10.1. The summed E-state index contributed by atoms with van der Waals surface area (Å²) in [5.74, 6) is 2.67. The molecule has 7 nitrogen and oxygen atoms in total. The van der Waals surface area contributed by atoms with E-state index in [2.05, 4.69) is 15.3 Å². The number of oxazole rings is 2. The molecule has 0 fully saturated rings. The molecule has 2 heterocycles. The van der Waals surface area contributed by atoms with Crippen LogP contribution in [0.4, 0.5) is 11.7 Å². The summed E-state index contributed by atoms with van der Waals surface area (Å²) in [6.45, 7) is 1.89. The fraction of sp³-hybridized carbons (Fsp3) is 0.143. The van der Waals surface area contributed by atoms with Gasteiger partial charge in [-0.3, -0.25) is 0 Å². The topological polar surface area (TPSA) is 82.5 Å². The monoisotopic (exact) mass is 377 g/mol. The standard InChI is InChI=1S/C21H19N3O4/c1-13-20(16-6-4-5-7-17(16)25-2)28-21(23-13)24-14-8-9-15(18(10-14)26-3)19-11-22-12-27-19/h4-12H,1-3H3,(H,23,24). The first-order valence-electron chi connectivity index (χ1n) is 8.64. The highest BCUT2D eigenvalue weighted by atomic mass is 16.5. The summed E-state index contributed by atoms with van der Waals surface area (Å²) in [6.07, 6.45) is 3.03. The van der Waals surface area contributed by atoms with E-state index in [1.165, 1.54) is 6.39 Å². The zero-order valence-electron chi connectivity index (χ0n) is 15.7. The molecule has 0 spiro atoms. The normalized spacial score (nSPS) is 10.7. The van der Waals surface area contributed by atoms with Crippen molar-refractivity contribution in [3.8, 4) is 34.1 Å². The van der Waals surface area contributed by atoms with Crippen molar-refractivity contribution in [2.75, 3.05) is 19.5 Å². The predicted octanol–water partition coefficient (Wildman–Crippen LogP) is 5.07. The van der Waals surface area contributed by atoms with E-state index in [1.54, 1.807) is 20.4 Å². The molecular formula is C21H19N3O4. The Morgan fingerprint density at radius 2 is 1.79 bits per heavy atom. The molecule has 2 aromatic heterocycles. The predicted molar refractivity (Wildman–Crippen MR) is 105 cm³/mol.